The Balaban J connectivity index is 1.32. The van der Waals surface area contributed by atoms with Crippen LogP contribution in [0.25, 0.3) is 11.3 Å². The number of amides is 2. The number of hydrogen-bond donors (Lipinski definition) is 1. The Morgan fingerprint density at radius 1 is 1.03 bits per heavy atom. The van der Waals surface area contributed by atoms with Crippen LogP contribution in [0.15, 0.2) is 60.0 Å². The summed E-state index contributed by atoms with van der Waals surface area (Å²) < 4.78 is 37.9. The number of aromatic nitrogens is 1. The average Bonchev–Trinajstić information content (AvgIpc) is 3.24. The van der Waals surface area contributed by atoms with Crippen molar-refractivity contribution in [3.05, 3.63) is 70.5 Å². The van der Waals surface area contributed by atoms with E-state index in [2.05, 4.69) is 10.7 Å². The fourth-order valence-corrected chi connectivity index (χ4v) is 4.49. The second kappa shape index (κ2) is 8.47. The molecule has 4 nitrogen and oxygen atoms in total. The minimum atomic E-state index is -4.39. The Hall–Kier alpha value is -2.87. The first-order valence-electron chi connectivity index (χ1n) is 9.64. The first-order chi connectivity index (χ1) is 14.4. The lowest BCUT2D eigenvalue weighted by Crippen LogP contribution is -2.40. The Kier molecular flexibility index (Phi) is 5.76. The second-order valence-electron chi connectivity index (χ2n) is 7.20. The third kappa shape index (κ3) is 4.64. The highest BCUT2D eigenvalue weighted by Gasteiger charge is 2.30. The van der Waals surface area contributed by atoms with E-state index in [0.717, 1.165) is 41.2 Å². The van der Waals surface area contributed by atoms with E-state index in [1.807, 2.05) is 30.3 Å². The summed E-state index contributed by atoms with van der Waals surface area (Å²) in [5.74, 6) is 0.308. The van der Waals surface area contributed by atoms with Gasteiger partial charge in [0.05, 0.1) is 16.3 Å². The van der Waals surface area contributed by atoms with Gasteiger partial charge in [0.2, 0.25) is 0 Å². The highest BCUT2D eigenvalue weighted by molar-refractivity contribution is 7.10. The quantitative estimate of drug-likeness (QED) is 0.534. The van der Waals surface area contributed by atoms with Gasteiger partial charge in [-0.1, -0.05) is 30.3 Å². The molecule has 0 aliphatic carbocycles. The lowest BCUT2D eigenvalue weighted by atomic mass is 9.98. The topological polar surface area (TPSA) is 45.2 Å². The summed E-state index contributed by atoms with van der Waals surface area (Å²) in [6, 6.07) is 14.2. The highest BCUT2D eigenvalue weighted by atomic mass is 32.1. The molecule has 2 aromatic carbocycles. The van der Waals surface area contributed by atoms with Crippen LogP contribution in [0.4, 0.5) is 23.7 Å². The van der Waals surface area contributed by atoms with Crippen molar-refractivity contribution in [3.8, 4) is 11.3 Å². The molecule has 2 amide bonds. The second-order valence-corrected chi connectivity index (χ2v) is 8.09. The predicted octanol–water partition coefficient (Wildman–Crippen LogP) is 6.24. The van der Waals surface area contributed by atoms with E-state index in [1.54, 1.807) is 16.2 Å². The lowest BCUT2D eigenvalue weighted by molar-refractivity contribution is -0.137. The van der Waals surface area contributed by atoms with E-state index in [9.17, 15) is 18.0 Å². The van der Waals surface area contributed by atoms with Crippen LogP contribution in [-0.4, -0.2) is 29.0 Å². The summed E-state index contributed by atoms with van der Waals surface area (Å²) >= 11 is 1.64. The zero-order valence-corrected chi connectivity index (χ0v) is 16.8. The summed E-state index contributed by atoms with van der Waals surface area (Å²) in [7, 11) is 0. The molecule has 1 fully saturated rings. The van der Waals surface area contributed by atoms with Gasteiger partial charge in [0.15, 0.2) is 0 Å². The van der Waals surface area contributed by atoms with Crippen molar-refractivity contribution in [1.82, 2.24) is 9.88 Å². The summed E-state index contributed by atoms with van der Waals surface area (Å²) in [4.78, 5) is 18.9. The molecule has 30 heavy (non-hydrogen) atoms. The number of halogens is 3. The van der Waals surface area contributed by atoms with Gasteiger partial charge in [-0.25, -0.2) is 9.78 Å². The molecule has 156 valence electrons. The van der Waals surface area contributed by atoms with Crippen molar-refractivity contribution in [3.63, 3.8) is 0 Å². The fraction of sp³-hybridized carbons (Fsp3) is 0.273. The molecular weight excluding hydrogens is 411 g/mol. The Morgan fingerprint density at radius 2 is 1.70 bits per heavy atom. The molecule has 8 heteroatoms. The van der Waals surface area contributed by atoms with Crippen LogP contribution < -0.4 is 5.32 Å². The van der Waals surface area contributed by atoms with Crippen LogP contribution in [0, 0.1) is 0 Å². The molecule has 1 N–H and O–H groups in total. The zero-order valence-electron chi connectivity index (χ0n) is 16.0. The summed E-state index contributed by atoms with van der Waals surface area (Å²) in [5, 5.41) is 5.82. The number of benzene rings is 2. The Bertz CT molecular complexity index is 994. The minimum absolute atomic E-state index is 0.294. The van der Waals surface area contributed by atoms with Crippen LogP contribution in [0.5, 0.6) is 0 Å². The maximum absolute atomic E-state index is 12.6. The number of carbonyl (C=O) groups is 1. The van der Waals surface area contributed by atoms with E-state index in [-0.39, 0.29) is 6.03 Å². The number of nitrogens with zero attached hydrogens (tertiary/aromatic N) is 2. The molecule has 0 spiro atoms. The van der Waals surface area contributed by atoms with Gasteiger partial charge in [0.1, 0.15) is 0 Å². The number of likely N-dealkylation sites (tertiary alicyclic amines) is 1. The minimum Gasteiger partial charge on any atom is -0.324 e. The van der Waals surface area contributed by atoms with Crippen molar-refractivity contribution >= 4 is 23.1 Å². The smallest absolute Gasteiger partial charge is 0.324 e. The van der Waals surface area contributed by atoms with Crippen molar-refractivity contribution in [2.45, 2.75) is 24.9 Å². The Morgan fingerprint density at radius 3 is 2.33 bits per heavy atom. The average molecular weight is 431 g/mol. The zero-order chi connectivity index (χ0) is 21.1. The largest absolute Gasteiger partial charge is 0.416 e. The first kappa shape index (κ1) is 20.4. The van der Waals surface area contributed by atoms with E-state index >= 15 is 0 Å². The third-order valence-electron chi connectivity index (χ3n) is 5.19. The van der Waals surface area contributed by atoms with Gasteiger partial charge >= 0.3 is 12.2 Å². The number of thiazole rings is 1. The molecule has 1 aliphatic rings. The van der Waals surface area contributed by atoms with Crippen molar-refractivity contribution in [2.24, 2.45) is 0 Å². The SMILES string of the molecule is O=C(Nc1ccc(C(F)(F)F)cc1)N1CCC(c2nc(-c3ccccc3)cs2)CC1. The first-order valence-corrected chi connectivity index (χ1v) is 10.5. The molecule has 1 aromatic heterocycles. The molecule has 1 saturated heterocycles. The van der Waals surface area contributed by atoms with Gasteiger partial charge in [-0.05, 0) is 37.1 Å². The third-order valence-corrected chi connectivity index (χ3v) is 6.19. The van der Waals surface area contributed by atoms with E-state index in [1.165, 1.54) is 12.1 Å². The molecule has 4 rings (SSSR count). The van der Waals surface area contributed by atoms with Crippen molar-refractivity contribution in [1.29, 1.82) is 0 Å². The number of urea groups is 1. The van der Waals surface area contributed by atoms with Crippen LogP contribution in [-0.2, 0) is 6.18 Å². The number of anilines is 1. The van der Waals surface area contributed by atoms with Crippen molar-refractivity contribution < 1.29 is 18.0 Å². The molecule has 0 bridgehead atoms. The number of hydrogen-bond acceptors (Lipinski definition) is 3. The van der Waals surface area contributed by atoms with Crippen LogP contribution in [0.3, 0.4) is 0 Å². The molecule has 0 saturated carbocycles. The molecule has 1 aliphatic heterocycles. The number of piperidine rings is 1. The molecule has 0 radical (unpaired) electrons. The van der Waals surface area contributed by atoms with E-state index in [0.29, 0.717) is 24.7 Å². The van der Waals surface area contributed by atoms with Gasteiger partial charge in [-0.2, -0.15) is 13.2 Å². The number of alkyl halides is 3. The number of nitrogens with one attached hydrogen (secondary N) is 1. The van der Waals surface area contributed by atoms with Crippen LogP contribution in [0.2, 0.25) is 0 Å². The monoisotopic (exact) mass is 431 g/mol. The predicted molar refractivity (Wildman–Crippen MR) is 112 cm³/mol. The van der Waals surface area contributed by atoms with Crippen LogP contribution >= 0.6 is 11.3 Å². The normalized spacial score (nSPS) is 15.2. The summed E-state index contributed by atoms with van der Waals surface area (Å²) in [6.07, 6.45) is -2.77. The Labute approximate surface area is 176 Å². The van der Waals surface area contributed by atoms with Gasteiger partial charge in [-0.3, -0.25) is 0 Å². The van der Waals surface area contributed by atoms with Gasteiger partial charge < -0.3 is 10.2 Å². The summed E-state index contributed by atoms with van der Waals surface area (Å²) in [6.45, 7) is 1.16. The summed E-state index contributed by atoms with van der Waals surface area (Å²) in [5.41, 5.74) is 1.67. The van der Waals surface area contributed by atoms with Gasteiger partial charge in [-0.15, -0.1) is 11.3 Å². The maximum atomic E-state index is 12.6. The van der Waals surface area contributed by atoms with Crippen molar-refractivity contribution in [2.75, 3.05) is 18.4 Å². The van der Waals surface area contributed by atoms with Gasteiger partial charge in [0, 0.05) is 35.6 Å². The molecule has 3 aromatic rings. The molecule has 0 unspecified atom stereocenters. The molecule has 2 heterocycles. The number of rotatable bonds is 3. The molecule has 0 atom stereocenters. The number of carbonyl (C=O) groups excluding carboxylic acids is 1. The molecular formula is C22H20F3N3OS. The van der Waals surface area contributed by atoms with Gasteiger partial charge in [0.25, 0.3) is 0 Å². The highest BCUT2D eigenvalue weighted by Crippen LogP contribution is 2.33. The van der Waals surface area contributed by atoms with E-state index in [4.69, 9.17) is 4.98 Å². The van der Waals surface area contributed by atoms with Crippen LogP contribution in [0.1, 0.15) is 29.3 Å². The lowest BCUT2D eigenvalue weighted by Gasteiger charge is -2.31. The fourth-order valence-electron chi connectivity index (χ4n) is 3.49. The maximum Gasteiger partial charge on any atom is 0.416 e. The van der Waals surface area contributed by atoms with E-state index < -0.39 is 11.7 Å². The standard InChI is InChI=1S/C22H20F3N3OS/c23-22(24,25)17-6-8-18(9-7-17)26-21(29)28-12-10-16(11-13-28)20-27-19(14-30-20)15-4-2-1-3-5-15/h1-9,14,16H,10-13H2,(H,26,29).